The van der Waals surface area contributed by atoms with Gasteiger partial charge in [0.2, 0.25) is 0 Å². The highest BCUT2D eigenvalue weighted by Gasteiger charge is 2.07. The molecule has 2 rings (SSSR count). The van der Waals surface area contributed by atoms with Crippen molar-refractivity contribution in [2.45, 2.75) is 13.5 Å². The van der Waals surface area contributed by atoms with E-state index in [9.17, 15) is 4.39 Å². The predicted molar refractivity (Wildman–Crippen MR) is 76.0 cm³/mol. The molecular formula is C15H14BrFO2. The third-order valence-electron chi connectivity index (χ3n) is 2.55. The van der Waals surface area contributed by atoms with Crippen molar-refractivity contribution in [1.29, 1.82) is 0 Å². The fraction of sp³-hybridized carbons (Fsp3) is 0.200. The first-order valence-electron chi connectivity index (χ1n) is 5.99. The van der Waals surface area contributed by atoms with Gasteiger partial charge in [0.1, 0.15) is 12.4 Å². The molecule has 0 unspecified atom stereocenters. The highest BCUT2D eigenvalue weighted by molar-refractivity contribution is 9.10. The number of hydrogen-bond donors (Lipinski definition) is 0. The molecule has 0 atom stereocenters. The van der Waals surface area contributed by atoms with Crippen molar-refractivity contribution >= 4 is 15.9 Å². The molecule has 0 bridgehead atoms. The number of benzene rings is 2. The second kappa shape index (κ2) is 6.57. The van der Waals surface area contributed by atoms with Gasteiger partial charge in [-0.15, -0.1) is 0 Å². The van der Waals surface area contributed by atoms with Crippen molar-refractivity contribution in [1.82, 2.24) is 0 Å². The van der Waals surface area contributed by atoms with Crippen LogP contribution in [-0.2, 0) is 6.61 Å². The maximum Gasteiger partial charge on any atom is 0.161 e. The highest BCUT2D eigenvalue weighted by Crippen LogP contribution is 2.27. The van der Waals surface area contributed by atoms with Crippen molar-refractivity contribution in [3.63, 3.8) is 0 Å². The summed E-state index contributed by atoms with van der Waals surface area (Å²) in [4.78, 5) is 0. The summed E-state index contributed by atoms with van der Waals surface area (Å²) in [6, 6.07) is 12.3. The molecule has 0 saturated heterocycles. The molecule has 2 nitrogen and oxygen atoms in total. The van der Waals surface area contributed by atoms with Crippen molar-refractivity contribution in [2.24, 2.45) is 0 Å². The summed E-state index contributed by atoms with van der Waals surface area (Å²) in [5.74, 6) is 0.998. The molecule has 0 aromatic heterocycles. The van der Waals surface area contributed by atoms with Crippen LogP contribution in [0.2, 0.25) is 0 Å². The van der Waals surface area contributed by atoms with E-state index in [4.69, 9.17) is 9.47 Å². The minimum Gasteiger partial charge on any atom is -0.490 e. The van der Waals surface area contributed by atoms with Crippen molar-refractivity contribution in [3.05, 3.63) is 58.3 Å². The molecule has 19 heavy (non-hydrogen) atoms. The van der Waals surface area contributed by atoms with Crippen LogP contribution in [-0.4, -0.2) is 6.61 Å². The second-order valence-electron chi connectivity index (χ2n) is 3.90. The summed E-state index contributed by atoms with van der Waals surface area (Å²) >= 11 is 3.22. The third-order valence-corrected chi connectivity index (χ3v) is 3.04. The largest absolute Gasteiger partial charge is 0.490 e. The van der Waals surface area contributed by atoms with Crippen LogP contribution in [0.1, 0.15) is 12.5 Å². The van der Waals surface area contributed by atoms with Crippen molar-refractivity contribution in [2.75, 3.05) is 6.61 Å². The summed E-state index contributed by atoms with van der Waals surface area (Å²) in [6.45, 7) is 2.64. The predicted octanol–water partition coefficient (Wildman–Crippen LogP) is 4.57. The Morgan fingerprint density at radius 2 is 1.74 bits per heavy atom. The van der Waals surface area contributed by atoms with Gasteiger partial charge in [-0.3, -0.25) is 0 Å². The summed E-state index contributed by atoms with van der Waals surface area (Å²) in [7, 11) is 0. The maximum atomic E-state index is 13.7. The number of ether oxygens (including phenoxy) is 2. The Balaban J connectivity index is 2.10. The van der Waals surface area contributed by atoms with Gasteiger partial charge >= 0.3 is 0 Å². The van der Waals surface area contributed by atoms with Crippen LogP contribution in [0.25, 0.3) is 0 Å². The highest BCUT2D eigenvalue weighted by atomic mass is 79.9. The average Bonchev–Trinajstić information content (AvgIpc) is 2.40. The van der Waals surface area contributed by atoms with E-state index in [-0.39, 0.29) is 12.4 Å². The lowest BCUT2D eigenvalue weighted by molar-refractivity contribution is 0.266. The monoisotopic (exact) mass is 324 g/mol. The van der Waals surface area contributed by atoms with E-state index in [2.05, 4.69) is 15.9 Å². The molecule has 100 valence electrons. The molecule has 0 heterocycles. The SMILES string of the molecule is CCOc1ccccc1OCc1ccc(Br)cc1F. The molecule has 2 aromatic carbocycles. The molecule has 4 heteroatoms. The van der Waals surface area contributed by atoms with Crippen LogP contribution in [0.3, 0.4) is 0 Å². The number of para-hydroxylation sites is 2. The number of halogens is 2. The molecule has 0 aliphatic carbocycles. The Labute approximate surface area is 120 Å². The Kier molecular flexibility index (Phi) is 4.80. The van der Waals surface area contributed by atoms with Crippen LogP contribution >= 0.6 is 15.9 Å². The van der Waals surface area contributed by atoms with Crippen LogP contribution in [0.15, 0.2) is 46.9 Å². The normalized spacial score (nSPS) is 10.3. The average molecular weight is 325 g/mol. The lowest BCUT2D eigenvalue weighted by Crippen LogP contribution is -2.01. The molecule has 0 aliphatic rings. The van der Waals surface area contributed by atoms with Gasteiger partial charge in [0.05, 0.1) is 6.61 Å². The van der Waals surface area contributed by atoms with Crippen LogP contribution in [0.5, 0.6) is 11.5 Å². The van der Waals surface area contributed by atoms with Crippen LogP contribution in [0.4, 0.5) is 4.39 Å². The van der Waals surface area contributed by atoms with E-state index < -0.39 is 0 Å². The standard InChI is InChI=1S/C15H14BrFO2/c1-2-18-14-5-3-4-6-15(14)19-10-11-7-8-12(16)9-13(11)17/h3-9H,2,10H2,1H3. The summed E-state index contributed by atoms with van der Waals surface area (Å²) in [5, 5.41) is 0. The summed E-state index contributed by atoms with van der Waals surface area (Å²) < 4.78 is 25.4. The molecule has 0 saturated carbocycles. The zero-order valence-electron chi connectivity index (χ0n) is 10.5. The van der Waals surface area contributed by atoms with Gasteiger partial charge in [0.25, 0.3) is 0 Å². The van der Waals surface area contributed by atoms with E-state index in [0.29, 0.717) is 28.1 Å². The first-order valence-corrected chi connectivity index (χ1v) is 6.78. The van der Waals surface area contributed by atoms with E-state index in [0.717, 1.165) is 0 Å². The van der Waals surface area contributed by atoms with E-state index in [1.165, 1.54) is 6.07 Å². The lowest BCUT2D eigenvalue weighted by atomic mass is 10.2. The molecule has 2 aromatic rings. The van der Waals surface area contributed by atoms with Crippen LogP contribution < -0.4 is 9.47 Å². The Bertz CT molecular complexity index is 558. The lowest BCUT2D eigenvalue weighted by Gasteiger charge is -2.12. The molecule has 0 N–H and O–H groups in total. The maximum absolute atomic E-state index is 13.7. The third kappa shape index (κ3) is 3.70. The first-order chi connectivity index (χ1) is 9.20. The Hall–Kier alpha value is -1.55. The Morgan fingerprint density at radius 3 is 2.37 bits per heavy atom. The van der Waals surface area contributed by atoms with E-state index in [1.807, 2.05) is 31.2 Å². The Morgan fingerprint density at radius 1 is 1.05 bits per heavy atom. The number of hydrogen-bond acceptors (Lipinski definition) is 2. The van der Waals surface area contributed by atoms with Gasteiger partial charge < -0.3 is 9.47 Å². The van der Waals surface area contributed by atoms with Gasteiger partial charge in [-0.1, -0.05) is 34.1 Å². The molecule has 0 spiro atoms. The fourth-order valence-electron chi connectivity index (χ4n) is 1.64. The van der Waals surface area contributed by atoms with Crippen molar-refractivity contribution < 1.29 is 13.9 Å². The minimum atomic E-state index is -0.289. The van der Waals surface area contributed by atoms with Gasteiger partial charge in [0.15, 0.2) is 11.5 Å². The summed E-state index contributed by atoms with van der Waals surface area (Å²) in [6.07, 6.45) is 0. The van der Waals surface area contributed by atoms with Gasteiger partial charge in [0, 0.05) is 10.0 Å². The van der Waals surface area contributed by atoms with Gasteiger partial charge in [-0.05, 0) is 31.2 Å². The number of rotatable bonds is 5. The molecular weight excluding hydrogens is 311 g/mol. The molecule has 0 fully saturated rings. The van der Waals surface area contributed by atoms with Gasteiger partial charge in [-0.25, -0.2) is 4.39 Å². The first kappa shape index (κ1) is 13.9. The zero-order valence-corrected chi connectivity index (χ0v) is 12.1. The fourth-order valence-corrected chi connectivity index (χ4v) is 1.97. The summed E-state index contributed by atoms with van der Waals surface area (Å²) in [5.41, 5.74) is 0.509. The van der Waals surface area contributed by atoms with Gasteiger partial charge in [-0.2, -0.15) is 0 Å². The molecule has 0 radical (unpaired) electrons. The quantitative estimate of drug-likeness (QED) is 0.802. The topological polar surface area (TPSA) is 18.5 Å². The minimum absolute atomic E-state index is 0.170. The zero-order chi connectivity index (χ0) is 13.7. The van der Waals surface area contributed by atoms with E-state index >= 15 is 0 Å². The molecule has 0 amide bonds. The van der Waals surface area contributed by atoms with E-state index in [1.54, 1.807) is 12.1 Å². The van der Waals surface area contributed by atoms with Crippen LogP contribution in [0, 0.1) is 5.82 Å². The smallest absolute Gasteiger partial charge is 0.161 e. The molecule has 0 aliphatic heterocycles. The van der Waals surface area contributed by atoms with Crippen molar-refractivity contribution in [3.8, 4) is 11.5 Å². The second-order valence-corrected chi connectivity index (χ2v) is 4.82.